The molecule has 19 heavy (non-hydrogen) atoms. The Labute approximate surface area is 119 Å². The summed E-state index contributed by atoms with van der Waals surface area (Å²) in [7, 11) is 0. The molecule has 0 N–H and O–H groups in total. The van der Waals surface area contributed by atoms with Crippen LogP contribution in [0.5, 0.6) is 0 Å². The number of piperidine rings is 1. The fraction of sp³-hybridized carbons (Fsp3) is 0.500. The molecule has 2 nitrogen and oxygen atoms in total. The largest absolute Gasteiger partial charge is 0.460 e. The van der Waals surface area contributed by atoms with Crippen molar-refractivity contribution in [2.75, 3.05) is 25.4 Å². The van der Waals surface area contributed by atoms with Crippen LogP contribution in [0, 0.1) is 0 Å². The van der Waals surface area contributed by atoms with Gasteiger partial charge in [-0.2, -0.15) is 11.8 Å². The van der Waals surface area contributed by atoms with Crippen LogP contribution in [0.2, 0.25) is 0 Å². The van der Waals surface area contributed by atoms with Crippen molar-refractivity contribution < 1.29 is 4.42 Å². The molecule has 1 aliphatic rings. The summed E-state index contributed by atoms with van der Waals surface area (Å²) in [6.07, 6.45) is 4.19. The summed E-state index contributed by atoms with van der Waals surface area (Å²) in [5.41, 5.74) is 1.01. The number of thioether (sulfide) groups is 1. The van der Waals surface area contributed by atoms with Gasteiger partial charge in [0, 0.05) is 17.7 Å². The molecule has 0 spiro atoms. The van der Waals surface area contributed by atoms with Crippen LogP contribution in [-0.4, -0.2) is 30.3 Å². The number of hydrogen-bond acceptors (Lipinski definition) is 3. The Morgan fingerprint density at radius 3 is 2.79 bits per heavy atom. The zero-order chi connectivity index (χ0) is 12.9. The van der Waals surface area contributed by atoms with Crippen molar-refractivity contribution in [3.05, 3.63) is 36.1 Å². The van der Waals surface area contributed by atoms with E-state index in [2.05, 4.69) is 23.1 Å². The zero-order valence-electron chi connectivity index (χ0n) is 11.3. The van der Waals surface area contributed by atoms with Crippen molar-refractivity contribution >= 4 is 22.7 Å². The second-order valence-electron chi connectivity index (χ2n) is 5.21. The van der Waals surface area contributed by atoms with Crippen LogP contribution in [0.3, 0.4) is 0 Å². The average Bonchev–Trinajstić information content (AvgIpc) is 2.87. The lowest BCUT2D eigenvalue weighted by molar-refractivity contribution is 0.242. The number of fused-ring (bicyclic) bond motifs is 1. The van der Waals surface area contributed by atoms with E-state index in [0.717, 1.165) is 17.1 Å². The zero-order valence-corrected chi connectivity index (χ0v) is 12.1. The second-order valence-corrected chi connectivity index (χ2v) is 6.31. The number of likely N-dealkylation sites (tertiary alicyclic amines) is 1. The maximum atomic E-state index is 5.83. The molecule has 102 valence electrons. The summed E-state index contributed by atoms with van der Waals surface area (Å²) in [4.78, 5) is 2.59. The van der Waals surface area contributed by atoms with Crippen molar-refractivity contribution in [2.45, 2.75) is 25.0 Å². The summed E-state index contributed by atoms with van der Waals surface area (Å²) in [6, 6.07) is 10.4. The molecule has 0 radical (unpaired) electrons. The Balaban J connectivity index is 1.44. The van der Waals surface area contributed by atoms with Crippen LogP contribution in [0.15, 0.2) is 34.7 Å². The molecule has 0 amide bonds. The molecule has 3 rings (SSSR count). The van der Waals surface area contributed by atoms with Gasteiger partial charge in [-0.15, -0.1) is 0 Å². The molecule has 0 bridgehead atoms. The van der Waals surface area contributed by atoms with Gasteiger partial charge < -0.3 is 9.32 Å². The lowest BCUT2D eigenvalue weighted by Crippen LogP contribution is -2.31. The molecule has 0 aliphatic carbocycles. The van der Waals surface area contributed by atoms with Gasteiger partial charge in [-0.25, -0.2) is 0 Å². The van der Waals surface area contributed by atoms with Gasteiger partial charge >= 0.3 is 0 Å². The topological polar surface area (TPSA) is 16.4 Å². The highest BCUT2D eigenvalue weighted by atomic mass is 32.2. The van der Waals surface area contributed by atoms with E-state index >= 15 is 0 Å². The van der Waals surface area contributed by atoms with E-state index in [4.69, 9.17) is 4.42 Å². The first-order valence-electron chi connectivity index (χ1n) is 7.19. The van der Waals surface area contributed by atoms with E-state index in [1.165, 1.54) is 50.0 Å². The molecule has 1 fully saturated rings. The molecule has 3 heteroatoms. The summed E-state index contributed by atoms with van der Waals surface area (Å²) in [5, 5.41) is 1.22. The normalized spacial score (nSPS) is 17.1. The maximum absolute atomic E-state index is 5.83. The van der Waals surface area contributed by atoms with Gasteiger partial charge in [0.25, 0.3) is 0 Å². The summed E-state index contributed by atoms with van der Waals surface area (Å²) in [5.74, 6) is 3.30. The quantitative estimate of drug-likeness (QED) is 0.763. The lowest BCUT2D eigenvalue weighted by Gasteiger charge is -2.25. The third-order valence-corrected chi connectivity index (χ3v) is 4.68. The van der Waals surface area contributed by atoms with Gasteiger partial charge in [-0.1, -0.05) is 24.6 Å². The highest BCUT2D eigenvalue weighted by molar-refractivity contribution is 7.98. The minimum absolute atomic E-state index is 0.989. The molecule has 1 aromatic heterocycles. The highest BCUT2D eigenvalue weighted by Crippen LogP contribution is 2.22. The standard InChI is InChI=1S/C16H21NOS/c1-4-8-17(9-5-1)10-11-19-13-15-12-14-6-2-3-7-16(14)18-15/h2-3,6-7,12H,1,4-5,8-11,13H2. The number of para-hydroxylation sites is 1. The SMILES string of the molecule is c1ccc2oc(CSCCN3CCCCC3)cc2c1. The number of hydrogen-bond donors (Lipinski definition) is 0. The molecule has 0 saturated carbocycles. The van der Waals surface area contributed by atoms with Gasteiger partial charge in [0.05, 0.1) is 5.75 Å². The van der Waals surface area contributed by atoms with Crippen molar-refractivity contribution in [1.29, 1.82) is 0 Å². The van der Waals surface area contributed by atoms with Crippen molar-refractivity contribution in [1.82, 2.24) is 4.90 Å². The van der Waals surface area contributed by atoms with Crippen LogP contribution in [0.1, 0.15) is 25.0 Å². The fourth-order valence-electron chi connectivity index (χ4n) is 2.66. The molecule has 0 unspecified atom stereocenters. The predicted molar refractivity (Wildman–Crippen MR) is 82.7 cm³/mol. The number of furan rings is 1. The van der Waals surface area contributed by atoms with E-state index in [-0.39, 0.29) is 0 Å². The van der Waals surface area contributed by atoms with Gasteiger partial charge in [0.15, 0.2) is 0 Å². The highest BCUT2D eigenvalue weighted by Gasteiger charge is 2.09. The van der Waals surface area contributed by atoms with E-state index in [1.54, 1.807) is 0 Å². The molecular formula is C16H21NOS. The molecule has 2 heterocycles. The Hall–Kier alpha value is -0.930. The van der Waals surface area contributed by atoms with E-state index < -0.39 is 0 Å². The van der Waals surface area contributed by atoms with Gasteiger partial charge in [-0.05, 0) is 38.1 Å². The first-order valence-corrected chi connectivity index (χ1v) is 8.35. The number of nitrogens with zero attached hydrogens (tertiary/aromatic N) is 1. The summed E-state index contributed by atoms with van der Waals surface area (Å²) in [6.45, 7) is 3.82. The van der Waals surface area contributed by atoms with Crippen LogP contribution in [-0.2, 0) is 5.75 Å². The number of rotatable bonds is 5. The van der Waals surface area contributed by atoms with Crippen LogP contribution >= 0.6 is 11.8 Å². The van der Waals surface area contributed by atoms with Gasteiger partial charge in [0.1, 0.15) is 11.3 Å². The smallest absolute Gasteiger partial charge is 0.134 e. The Morgan fingerprint density at radius 2 is 1.95 bits per heavy atom. The van der Waals surface area contributed by atoms with Gasteiger partial charge in [-0.3, -0.25) is 0 Å². The molecule has 1 aromatic carbocycles. The first-order chi connectivity index (χ1) is 9.42. The monoisotopic (exact) mass is 275 g/mol. The minimum Gasteiger partial charge on any atom is -0.460 e. The average molecular weight is 275 g/mol. The van der Waals surface area contributed by atoms with E-state index in [1.807, 2.05) is 23.9 Å². The minimum atomic E-state index is 0.989. The lowest BCUT2D eigenvalue weighted by atomic mass is 10.1. The van der Waals surface area contributed by atoms with Crippen molar-refractivity contribution in [3.8, 4) is 0 Å². The molecule has 1 aliphatic heterocycles. The van der Waals surface area contributed by atoms with E-state index in [9.17, 15) is 0 Å². The fourth-order valence-corrected chi connectivity index (χ4v) is 3.53. The Kier molecular flexibility index (Phi) is 4.46. The third-order valence-electron chi connectivity index (χ3n) is 3.72. The van der Waals surface area contributed by atoms with Crippen LogP contribution in [0.25, 0.3) is 11.0 Å². The van der Waals surface area contributed by atoms with Gasteiger partial charge in [0.2, 0.25) is 0 Å². The third kappa shape index (κ3) is 3.54. The Morgan fingerprint density at radius 1 is 1.11 bits per heavy atom. The van der Waals surface area contributed by atoms with Crippen molar-refractivity contribution in [3.63, 3.8) is 0 Å². The summed E-state index contributed by atoms with van der Waals surface area (Å²) >= 11 is 1.98. The van der Waals surface area contributed by atoms with Crippen LogP contribution < -0.4 is 0 Å². The van der Waals surface area contributed by atoms with Crippen LogP contribution in [0.4, 0.5) is 0 Å². The Bertz CT molecular complexity index is 483. The summed E-state index contributed by atoms with van der Waals surface area (Å²) < 4.78 is 5.83. The molecular weight excluding hydrogens is 254 g/mol. The maximum Gasteiger partial charge on any atom is 0.134 e. The first kappa shape index (κ1) is 13.1. The predicted octanol–water partition coefficient (Wildman–Crippen LogP) is 4.15. The second kappa shape index (κ2) is 6.49. The number of benzene rings is 1. The van der Waals surface area contributed by atoms with Crippen molar-refractivity contribution in [2.24, 2.45) is 0 Å². The molecule has 0 atom stereocenters. The molecule has 1 saturated heterocycles. The molecule has 2 aromatic rings. The van der Waals surface area contributed by atoms with E-state index in [0.29, 0.717) is 0 Å².